The van der Waals surface area contributed by atoms with Crippen molar-refractivity contribution in [1.29, 1.82) is 0 Å². The number of likely N-dealkylation sites (tertiary alicyclic amines) is 1. The van der Waals surface area contributed by atoms with Crippen molar-refractivity contribution in [2.45, 2.75) is 24.9 Å². The summed E-state index contributed by atoms with van der Waals surface area (Å²) in [6.07, 6.45) is 3.26. The molecule has 4 heterocycles. The molecule has 152 valence electrons. The lowest BCUT2D eigenvalue weighted by Crippen LogP contribution is -2.61. The van der Waals surface area contributed by atoms with Gasteiger partial charge in [0.2, 0.25) is 0 Å². The zero-order chi connectivity index (χ0) is 19.4. The maximum absolute atomic E-state index is 13.0. The first kappa shape index (κ1) is 19.0. The predicted molar refractivity (Wildman–Crippen MR) is 97.6 cm³/mol. The van der Waals surface area contributed by atoms with Gasteiger partial charge >= 0.3 is 0 Å². The lowest BCUT2D eigenvalue weighted by molar-refractivity contribution is -0.0576. The highest BCUT2D eigenvalue weighted by molar-refractivity contribution is 5.91. The molecular weight excluding hydrogens is 364 g/mol. The minimum absolute atomic E-state index is 0.0988. The number of morpholine rings is 1. The van der Waals surface area contributed by atoms with E-state index in [0.717, 1.165) is 31.8 Å². The zero-order valence-electron chi connectivity index (χ0n) is 16.1. The van der Waals surface area contributed by atoms with Crippen molar-refractivity contribution < 1.29 is 18.7 Å². The molecule has 0 unspecified atom stereocenters. The number of furan rings is 1. The van der Waals surface area contributed by atoms with Gasteiger partial charge in [0.05, 0.1) is 32.6 Å². The molecule has 28 heavy (non-hydrogen) atoms. The first-order valence-corrected chi connectivity index (χ1v) is 9.66. The summed E-state index contributed by atoms with van der Waals surface area (Å²) < 4.78 is 17.9. The number of tetrazole rings is 1. The van der Waals surface area contributed by atoms with E-state index in [2.05, 4.69) is 20.4 Å². The Morgan fingerprint density at radius 2 is 2.18 bits per heavy atom. The van der Waals surface area contributed by atoms with E-state index in [4.69, 9.17) is 13.9 Å². The highest BCUT2D eigenvalue weighted by Gasteiger charge is 2.48. The van der Waals surface area contributed by atoms with Gasteiger partial charge in [0.1, 0.15) is 5.54 Å². The van der Waals surface area contributed by atoms with Crippen LogP contribution in [-0.4, -0.2) is 89.0 Å². The molecule has 0 aliphatic carbocycles. The number of carbonyl (C=O) groups is 1. The fraction of sp³-hybridized carbons (Fsp3) is 0.667. The van der Waals surface area contributed by atoms with Gasteiger partial charge in [0.15, 0.2) is 11.6 Å². The molecule has 0 saturated carbocycles. The molecule has 0 bridgehead atoms. The van der Waals surface area contributed by atoms with Crippen LogP contribution in [0.3, 0.4) is 0 Å². The normalized spacial score (nSPS) is 23.8. The summed E-state index contributed by atoms with van der Waals surface area (Å²) in [4.78, 5) is 17.2. The lowest BCUT2D eigenvalue weighted by atomic mass is 9.85. The molecule has 2 fully saturated rings. The Morgan fingerprint density at radius 3 is 2.93 bits per heavy atom. The van der Waals surface area contributed by atoms with Crippen molar-refractivity contribution in [3.8, 4) is 0 Å². The van der Waals surface area contributed by atoms with E-state index in [0.29, 0.717) is 45.2 Å². The molecule has 0 N–H and O–H groups in total. The average molecular weight is 390 g/mol. The van der Waals surface area contributed by atoms with E-state index in [1.165, 1.54) is 6.26 Å². The highest BCUT2D eigenvalue weighted by Crippen LogP contribution is 2.37. The molecule has 0 aromatic carbocycles. The quantitative estimate of drug-likeness (QED) is 0.698. The third-order valence-corrected chi connectivity index (χ3v) is 5.56. The molecule has 2 aliphatic heterocycles. The summed E-state index contributed by atoms with van der Waals surface area (Å²) in [6.45, 7) is 5.16. The van der Waals surface area contributed by atoms with E-state index in [1.807, 2.05) is 4.90 Å². The van der Waals surface area contributed by atoms with Crippen LogP contribution in [0.25, 0.3) is 0 Å². The number of aromatic nitrogens is 4. The van der Waals surface area contributed by atoms with Crippen molar-refractivity contribution >= 4 is 5.91 Å². The monoisotopic (exact) mass is 390 g/mol. The summed E-state index contributed by atoms with van der Waals surface area (Å²) in [5.74, 6) is 1.04. The van der Waals surface area contributed by atoms with E-state index < -0.39 is 5.54 Å². The van der Waals surface area contributed by atoms with Gasteiger partial charge in [-0.25, -0.2) is 4.68 Å². The summed E-state index contributed by atoms with van der Waals surface area (Å²) in [5.41, 5.74) is -0.457. The van der Waals surface area contributed by atoms with Crippen LogP contribution in [0.15, 0.2) is 22.8 Å². The third kappa shape index (κ3) is 3.54. The molecule has 2 aromatic rings. The van der Waals surface area contributed by atoms with Gasteiger partial charge in [-0.1, -0.05) is 0 Å². The van der Waals surface area contributed by atoms with Gasteiger partial charge in [-0.15, -0.1) is 5.10 Å². The molecule has 0 spiro atoms. The summed E-state index contributed by atoms with van der Waals surface area (Å²) in [6, 6.07) is 3.44. The summed E-state index contributed by atoms with van der Waals surface area (Å²) >= 11 is 0. The zero-order valence-corrected chi connectivity index (χ0v) is 16.1. The molecule has 2 aliphatic rings. The Morgan fingerprint density at radius 1 is 1.32 bits per heavy atom. The number of hydrogen-bond acceptors (Lipinski definition) is 8. The van der Waals surface area contributed by atoms with Crippen LogP contribution in [0.5, 0.6) is 0 Å². The van der Waals surface area contributed by atoms with Crippen LogP contribution in [-0.2, 0) is 21.6 Å². The first-order valence-electron chi connectivity index (χ1n) is 9.66. The van der Waals surface area contributed by atoms with Gasteiger partial charge < -0.3 is 18.8 Å². The van der Waals surface area contributed by atoms with E-state index in [1.54, 1.807) is 23.9 Å². The molecule has 2 saturated heterocycles. The second-order valence-electron chi connectivity index (χ2n) is 7.16. The van der Waals surface area contributed by atoms with Gasteiger partial charge in [-0.2, -0.15) is 0 Å². The fourth-order valence-corrected chi connectivity index (χ4v) is 4.21. The Bertz CT molecular complexity index is 773. The summed E-state index contributed by atoms with van der Waals surface area (Å²) in [7, 11) is 1.66. The number of nitrogens with zero attached hydrogens (tertiary/aromatic N) is 6. The molecule has 10 heteroatoms. The van der Waals surface area contributed by atoms with Crippen LogP contribution in [0.1, 0.15) is 29.2 Å². The smallest absolute Gasteiger partial charge is 0.289 e. The molecule has 1 atom stereocenters. The number of amides is 1. The fourth-order valence-electron chi connectivity index (χ4n) is 4.21. The van der Waals surface area contributed by atoms with Gasteiger partial charge in [0, 0.05) is 33.3 Å². The number of rotatable bonds is 6. The molecular formula is C18H26N6O4. The van der Waals surface area contributed by atoms with Crippen molar-refractivity contribution in [3.05, 3.63) is 30.0 Å². The van der Waals surface area contributed by atoms with Crippen molar-refractivity contribution in [3.63, 3.8) is 0 Å². The largest absolute Gasteiger partial charge is 0.459 e. The van der Waals surface area contributed by atoms with E-state index >= 15 is 0 Å². The lowest BCUT2D eigenvalue weighted by Gasteiger charge is -2.49. The van der Waals surface area contributed by atoms with Gasteiger partial charge in [-0.3, -0.25) is 9.69 Å². The Kier molecular flexibility index (Phi) is 5.69. The van der Waals surface area contributed by atoms with Gasteiger partial charge in [0.25, 0.3) is 5.91 Å². The van der Waals surface area contributed by atoms with Gasteiger partial charge in [-0.05, 0) is 35.4 Å². The van der Waals surface area contributed by atoms with E-state index in [9.17, 15) is 4.79 Å². The predicted octanol–water partition coefficient (Wildman–Crippen LogP) is 0.376. The second-order valence-corrected chi connectivity index (χ2v) is 7.16. The molecule has 10 nitrogen and oxygen atoms in total. The standard InChI is InChI=1S/C18H26N6O4/c1-26-11-9-24-17(19-20-21-24)18(23-7-12-27-13-8-23)5-3-6-22(14-18)16(25)15-4-2-10-28-15/h2,4,10H,3,5-9,11-14H2,1H3/t18-/m0/s1. The van der Waals surface area contributed by atoms with Crippen LogP contribution < -0.4 is 0 Å². The minimum atomic E-state index is -0.457. The van der Waals surface area contributed by atoms with Crippen LogP contribution >= 0.6 is 0 Å². The number of hydrogen-bond donors (Lipinski definition) is 0. The number of methoxy groups -OCH3 is 1. The number of ether oxygens (including phenoxy) is 2. The molecule has 1 amide bonds. The van der Waals surface area contributed by atoms with Crippen molar-refractivity contribution in [2.24, 2.45) is 0 Å². The summed E-state index contributed by atoms with van der Waals surface area (Å²) in [5, 5.41) is 12.5. The Balaban J connectivity index is 1.67. The average Bonchev–Trinajstić information content (AvgIpc) is 3.44. The maximum Gasteiger partial charge on any atom is 0.289 e. The molecule has 0 radical (unpaired) electrons. The Hall–Kier alpha value is -2.30. The van der Waals surface area contributed by atoms with Crippen LogP contribution in [0.4, 0.5) is 0 Å². The topological polar surface area (TPSA) is 98.7 Å². The highest BCUT2D eigenvalue weighted by atomic mass is 16.5. The van der Waals surface area contributed by atoms with Crippen molar-refractivity contribution in [2.75, 3.05) is 53.1 Å². The molecule has 4 rings (SSSR count). The minimum Gasteiger partial charge on any atom is -0.459 e. The van der Waals surface area contributed by atoms with E-state index in [-0.39, 0.29) is 5.91 Å². The van der Waals surface area contributed by atoms with Crippen molar-refractivity contribution in [1.82, 2.24) is 30.0 Å². The van der Waals surface area contributed by atoms with Crippen LogP contribution in [0, 0.1) is 0 Å². The first-order chi connectivity index (χ1) is 13.7. The Labute approximate surface area is 163 Å². The second kappa shape index (κ2) is 8.38. The number of piperidine rings is 1. The number of carbonyl (C=O) groups excluding carboxylic acids is 1. The maximum atomic E-state index is 13.0. The molecule has 2 aromatic heterocycles. The van der Waals surface area contributed by atoms with Crippen LogP contribution in [0.2, 0.25) is 0 Å². The SMILES string of the molecule is COCCn1nnnc1[C@]1(N2CCOCC2)CCCN(C(=O)c2ccco2)C1. The third-order valence-electron chi connectivity index (χ3n) is 5.56.